The molecule has 0 aromatic heterocycles. The molecule has 0 bridgehead atoms. The summed E-state index contributed by atoms with van der Waals surface area (Å²) in [5.74, 6) is -1.08. The molecule has 0 atom stereocenters. The first-order valence-corrected chi connectivity index (χ1v) is 9.00. The first kappa shape index (κ1) is 22.7. The van der Waals surface area contributed by atoms with Gasteiger partial charge < -0.3 is 14.4 Å². The first-order chi connectivity index (χ1) is 9.97. The molecule has 0 fully saturated rings. The van der Waals surface area contributed by atoms with Gasteiger partial charge in [-0.2, -0.15) is 0 Å². The molecule has 0 radical (unpaired) electrons. The maximum Gasteiger partial charge on any atom is 0.0786 e. The Hall–Kier alpha value is -0.570. The minimum atomic E-state index is -1.08. The van der Waals surface area contributed by atoms with E-state index in [-0.39, 0.29) is 0 Å². The second-order valence-corrected chi connectivity index (χ2v) is 6.03. The van der Waals surface area contributed by atoms with E-state index in [1.807, 2.05) is 0 Å². The average molecular weight is 302 g/mol. The molecule has 0 saturated carbocycles. The van der Waals surface area contributed by atoms with Crippen molar-refractivity contribution in [3.8, 4) is 0 Å². The van der Waals surface area contributed by atoms with Gasteiger partial charge in [-0.1, -0.05) is 39.5 Å². The number of nitrogens with zero attached hydrogens (tertiary/aromatic N) is 1. The minimum absolute atomic E-state index is 0.972. The van der Waals surface area contributed by atoms with Crippen LogP contribution in [0.25, 0.3) is 0 Å². The van der Waals surface area contributed by atoms with E-state index in [1.165, 1.54) is 82.0 Å². The van der Waals surface area contributed by atoms with Crippen LogP contribution < -0.4 is 5.11 Å². The highest BCUT2D eigenvalue weighted by Crippen LogP contribution is 2.14. The van der Waals surface area contributed by atoms with Crippen LogP contribution in [-0.4, -0.2) is 36.6 Å². The van der Waals surface area contributed by atoms with Gasteiger partial charge in [-0.3, -0.25) is 0 Å². The number of quaternary nitrogens is 1. The SMILES string of the molecule is CC(=O)[O-].CCCCCC[N+](CC)(CC)CCCCCC. The largest absolute Gasteiger partial charge is 0.550 e. The molecule has 0 N–H and O–H groups in total. The van der Waals surface area contributed by atoms with E-state index >= 15 is 0 Å². The van der Waals surface area contributed by atoms with Crippen molar-refractivity contribution in [3.05, 3.63) is 0 Å². The number of hydrogen-bond acceptors (Lipinski definition) is 2. The number of aliphatic carboxylic acids is 1. The quantitative estimate of drug-likeness (QED) is 0.407. The van der Waals surface area contributed by atoms with E-state index in [0.717, 1.165) is 6.92 Å². The van der Waals surface area contributed by atoms with Gasteiger partial charge >= 0.3 is 0 Å². The van der Waals surface area contributed by atoms with Crippen molar-refractivity contribution in [2.45, 2.75) is 86.0 Å². The van der Waals surface area contributed by atoms with Crippen molar-refractivity contribution < 1.29 is 14.4 Å². The van der Waals surface area contributed by atoms with Crippen LogP contribution in [-0.2, 0) is 4.79 Å². The summed E-state index contributed by atoms with van der Waals surface area (Å²) >= 11 is 0. The first-order valence-electron chi connectivity index (χ1n) is 9.00. The molecule has 3 nitrogen and oxygen atoms in total. The fourth-order valence-corrected chi connectivity index (χ4v) is 2.72. The molecule has 21 heavy (non-hydrogen) atoms. The number of carbonyl (C=O) groups excluding carboxylic acids is 1. The summed E-state index contributed by atoms with van der Waals surface area (Å²) in [6.45, 7) is 15.8. The molecule has 0 aromatic rings. The van der Waals surface area contributed by atoms with E-state index in [1.54, 1.807) is 0 Å². The van der Waals surface area contributed by atoms with Crippen LogP contribution in [0.1, 0.15) is 86.0 Å². The lowest BCUT2D eigenvalue weighted by Gasteiger charge is -2.37. The molecule has 0 aromatic carbocycles. The van der Waals surface area contributed by atoms with Gasteiger partial charge in [0.05, 0.1) is 26.2 Å². The highest BCUT2D eigenvalue weighted by molar-refractivity contribution is 5.60. The van der Waals surface area contributed by atoms with E-state index in [4.69, 9.17) is 9.90 Å². The Kier molecular flexibility index (Phi) is 17.1. The highest BCUT2D eigenvalue weighted by atomic mass is 16.4. The van der Waals surface area contributed by atoms with Crippen LogP contribution in [0.2, 0.25) is 0 Å². The molecule has 0 spiro atoms. The fourth-order valence-electron chi connectivity index (χ4n) is 2.72. The van der Waals surface area contributed by atoms with Crippen LogP contribution in [0, 0.1) is 0 Å². The van der Waals surface area contributed by atoms with Crippen molar-refractivity contribution in [2.75, 3.05) is 26.2 Å². The third-order valence-electron chi connectivity index (χ3n) is 4.31. The number of carboxylic acid groups (broad SMARTS) is 1. The number of carboxylic acids is 1. The Balaban J connectivity index is 0. The van der Waals surface area contributed by atoms with Crippen molar-refractivity contribution >= 4 is 5.97 Å². The van der Waals surface area contributed by atoms with Crippen LogP contribution in [0.3, 0.4) is 0 Å². The summed E-state index contributed by atoms with van der Waals surface area (Å²) in [6.07, 6.45) is 11.3. The molecule has 0 saturated heterocycles. The molecular weight excluding hydrogens is 262 g/mol. The Labute approximate surface area is 133 Å². The highest BCUT2D eigenvalue weighted by Gasteiger charge is 2.21. The maximum atomic E-state index is 8.89. The van der Waals surface area contributed by atoms with E-state index in [2.05, 4.69) is 27.7 Å². The lowest BCUT2D eigenvalue weighted by molar-refractivity contribution is -0.925. The molecule has 128 valence electrons. The van der Waals surface area contributed by atoms with Gasteiger partial charge in [0.2, 0.25) is 0 Å². The summed E-state index contributed by atoms with van der Waals surface area (Å²) in [4.78, 5) is 8.89. The summed E-state index contributed by atoms with van der Waals surface area (Å²) in [5, 5.41) is 8.89. The zero-order chi connectivity index (χ0) is 16.6. The minimum Gasteiger partial charge on any atom is -0.550 e. The number of rotatable bonds is 12. The normalized spacial score (nSPS) is 10.9. The second kappa shape index (κ2) is 15.8. The van der Waals surface area contributed by atoms with Gasteiger partial charge in [0.15, 0.2) is 0 Å². The second-order valence-electron chi connectivity index (χ2n) is 6.03. The molecule has 3 heteroatoms. The molecule has 0 heterocycles. The lowest BCUT2D eigenvalue weighted by Crippen LogP contribution is -2.49. The lowest BCUT2D eigenvalue weighted by atomic mass is 10.1. The van der Waals surface area contributed by atoms with Gasteiger partial charge in [0, 0.05) is 5.97 Å². The molecule has 0 unspecified atom stereocenters. The van der Waals surface area contributed by atoms with Crippen molar-refractivity contribution in [1.82, 2.24) is 0 Å². The number of carbonyl (C=O) groups is 1. The Morgan fingerprint density at radius 1 is 0.762 bits per heavy atom. The van der Waals surface area contributed by atoms with Crippen molar-refractivity contribution in [1.29, 1.82) is 0 Å². The van der Waals surface area contributed by atoms with Crippen LogP contribution in [0.4, 0.5) is 0 Å². The Morgan fingerprint density at radius 3 is 1.33 bits per heavy atom. The topological polar surface area (TPSA) is 40.1 Å². The van der Waals surface area contributed by atoms with Crippen LogP contribution in [0.5, 0.6) is 0 Å². The fraction of sp³-hybridized carbons (Fsp3) is 0.944. The van der Waals surface area contributed by atoms with E-state index < -0.39 is 5.97 Å². The molecule has 0 rings (SSSR count). The standard InChI is InChI=1S/C16H36N.C2H4O2/c1-5-9-11-13-15-17(7-3,8-4)16-14-12-10-6-2;1-2(3)4/h5-16H2,1-4H3;1H3,(H,3,4)/q+1;/p-1. The zero-order valence-corrected chi connectivity index (χ0v) is 15.2. The Bertz CT molecular complexity index is 207. The average Bonchev–Trinajstić information content (AvgIpc) is 2.45. The third-order valence-corrected chi connectivity index (χ3v) is 4.31. The smallest absolute Gasteiger partial charge is 0.0786 e. The van der Waals surface area contributed by atoms with E-state index in [0.29, 0.717) is 0 Å². The van der Waals surface area contributed by atoms with Gasteiger partial charge in [0.1, 0.15) is 0 Å². The summed E-state index contributed by atoms with van der Waals surface area (Å²) in [5.41, 5.74) is 0. The predicted octanol–water partition coefficient (Wildman–Crippen LogP) is 3.76. The van der Waals surface area contributed by atoms with Gasteiger partial charge in [-0.05, 0) is 46.5 Å². The third kappa shape index (κ3) is 15.6. The van der Waals surface area contributed by atoms with E-state index in [9.17, 15) is 0 Å². The summed E-state index contributed by atoms with van der Waals surface area (Å²) < 4.78 is 1.37. The maximum absolute atomic E-state index is 8.89. The molecule has 0 aliphatic carbocycles. The molecule has 0 aliphatic heterocycles. The number of hydrogen-bond donors (Lipinski definition) is 0. The van der Waals surface area contributed by atoms with Gasteiger partial charge in [-0.25, -0.2) is 0 Å². The zero-order valence-electron chi connectivity index (χ0n) is 15.2. The van der Waals surface area contributed by atoms with Crippen molar-refractivity contribution in [3.63, 3.8) is 0 Å². The number of unbranched alkanes of at least 4 members (excludes halogenated alkanes) is 6. The molecule has 0 amide bonds. The van der Waals surface area contributed by atoms with Crippen LogP contribution >= 0.6 is 0 Å². The summed E-state index contributed by atoms with van der Waals surface area (Å²) in [6, 6.07) is 0. The monoisotopic (exact) mass is 301 g/mol. The molecular formula is C18H39NO2. The van der Waals surface area contributed by atoms with Crippen molar-refractivity contribution in [2.24, 2.45) is 0 Å². The Morgan fingerprint density at radius 2 is 1.10 bits per heavy atom. The van der Waals surface area contributed by atoms with Crippen LogP contribution in [0.15, 0.2) is 0 Å². The van der Waals surface area contributed by atoms with Gasteiger partial charge in [0.25, 0.3) is 0 Å². The predicted molar refractivity (Wildman–Crippen MR) is 90.0 cm³/mol. The summed E-state index contributed by atoms with van der Waals surface area (Å²) in [7, 11) is 0. The molecule has 0 aliphatic rings. The van der Waals surface area contributed by atoms with Gasteiger partial charge in [-0.15, -0.1) is 0 Å².